The first-order chi connectivity index (χ1) is 21.0. The quantitative estimate of drug-likeness (QED) is 0.276. The number of hydrogen-bond donors (Lipinski definition) is 1. The van der Waals surface area contributed by atoms with Crippen LogP contribution in [0.4, 0.5) is 5.69 Å². The van der Waals surface area contributed by atoms with Crippen LogP contribution in [-0.2, 0) is 22.6 Å². The summed E-state index contributed by atoms with van der Waals surface area (Å²) in [6.45, 7) is 6.09. The van der Waals surface area contributed by atoms with Crippen molar-refractivity contribution in [1.29, 1.82) is 0 Å². The number of carbonyl (C=O) groups excluding carboxylic acids is 1. The highest BCUT2D eigenvalue weighted by molar-refractivity contribution is 5.95. The summed E-state index contributed by atoms with van der Waals surface area (Å²) in [5, 5.41) is 10.6. The van der Waals surface area contributed by atoms with Gasteiger partial charge in [0.2, 0.25) is 12.7 Å². The summed E-state index contributed by atoms with van der Waals surface area (Å²) in [5.74, 6) is 0.584. The van der Waals surface area contributed by atoms with Crippen LogP contribution in [0.15, 0.2) is 53.1 Å². The molecule has 3 aromatic rings. The predicted octanol–water partition coefficient (Wildman–Crippen LogP) is 4.85. The number of unbranched alkanes of at least 4 members (excludes halogenated alkanes) is 1. The number of aromatic nitrogens is 1. The number of carboxylic acids is 1. The summed E-state index contributed by atoms with van der Waals surface area (Å²) < 4.78 is 17.6. The van der Waals surface area contributed by atoms with Gasteiger partial charge in [0.1, 0.15) is 12.3 Å². The number of carbonyl (C=O) groups is 2. The molecule has 5 rings (SSSR count). The van der Waals surface area contributed by atoms with Crippen molar-refractivity contribution in [2.75, 3.05) is 52.5 Å². The highest BCUT2D eigenvalue weighted by atomic mass is 16.7. The van der Waals surface area contributed by atoms with Crippen molar-refractivity contribution in [1.82, 2.24) is 9.88 Å². The molecule has 1 fully saturated rings. The maximum atomic E-state index is 14.2. The number of nitrogens with zero attached hydrogens (tertiary/aromatic N) is 4. The second kappa shape index (κ2) is 13.4. The molecule has 2 aliphatic heterocycles. The number of benzene rings is 2. The van der Waals surface area contributed by atoms with Crippen molar-refractivity contribution in [2.24, 2.45) is 5.92 Å². The molecule has 0 saturated carbocycles. The lowest BCUT2D eigenvalue weighted by molar-refractivity contribution is -0.884. The molecule has 1 saturated heterocycles. The fourth-order valence-corrected chi connectivity index (χ4v) is 6.47. The van der Waals surface area contributed by atoms with Gasteiger partial charge in [0.25, 0.3) is 0 Å². The molecule has 0 bridgehead atoms. The second-order valence-corrected chi connectivity index (χ2v) is 13.0. The summed E-state index contributed by atoms with van der Waals surface area (Å²) in [6.07, 6.45) is 4.48. The number of rotatable bonds is 13. The molecule has 0 radical (unpaired) electrons. The summed E-state index contributed by atoms with van der Waals surface area (Å²) in [7, 11) is 6.44. The van der Waals surface area contributed by atoms with Crippen molar-refractivity contribution < 1.29 is 33.1 Å². The highest BCUT2D eigenvalue weighted by Crippen LogP contribution is 2.43. The number of amides is 1. The molecule has 0 aliphatic carbocycles. The highest BCUT2D eigenvalue weighted by Gasteiger charge is 2.47. The third kappa shape index (κ3) is 7.42. The second-order valence-electron chi connectivity index (χ2n) is 13.0. The Hall–Kier alpha value is -3.89. The van der Waals surface area contributed by atoms with Gasteiger partial charge in [-0.05, 0) is 49.6 Å². The van der Waals surface area contributed by atoms with Crippen LogP contribution in [0.5, 0.6) is 11.5 Å². The average Bonchev–Trinajstić information content (AvgIpc) is 3.69. The van der Waals surface area contributed by atoms with Crippen LogP contribution in [0.25, 0.3) is 0 Å². The summed E-state index contributed by atoms with van der Waals surface area (Å²) >= 11 is 0. The van der Waals surface area contributed by atoms with E-state index in [1.54, 1.807) is 6.20 Å². The van der Waals surface area contributed by atoms with Gasteiger partial charge >= 0.3 is 5.97 Å². The third-order valence-electron chi connectivity index (χ3n) is 8.44. The van der Waals surface area contributed by atoms with Crippen LogP contribution < -0.4 is 14.4 Å². The summed E-state index contributed by atoms with van der Waals surface area (Å²) in [6, 6.07) is 13.5. The van der Waals surface area contributed by atoms with Crippen molar-refractivity contribution in [3.05, 3.63) is 71.4 Å². The first-order valence-electron chi connectivity index (χ1n) is 15.5. The lowest BCUT2D eigenvalue weighted by atomic mass is 9.83. The maximum Gasteiger partial charge on any atom is 0.308 e. The largest absolute Gasteiger partial charge is 0.481 e. The van der Waals surface area contributed by atoms with E-state index >= 15 is 0 Å². The lowest BCUT2D eigenvalue weighted by Gasteiger charge is -2.30. The van der Waals surface area contributed by atoms with E-state index in [1.165, 1.54) is 5.56 Å². The molecule has 236 valence electrons. The van der Waals surface area contributed by atoms with Crippen LogP contribution in [0.2, 0.25) is 0 Å². The molecule has 10 heteroatoms. The van der Waals surface area contributed by atoms with E-state index in [1.807, 2.05) is 42.2 Å². The molecule has 0 spiro atoms. The zero-order valence-electron chi connectivity index (χ0n) is 26.5. The van der Waals surface area contributed by atoms with E-state index in [0.29, 0.717) is 49.1 Å². The number of fused-ring (bicyclic) bond motifs is 1. The van der Waals surface area contributed by atoms with Gasteiger partial charge in [0.05, 0.1) is 39.8 Å². The van der Waals surface area contributed by atoms with Gasteiger partial charge in [-0.15, -0.1) is 0 Å². The Bertz CT molecular complexity index is 1460. The number of likely N-dealkylation sites (tertiary alicyclic amines) is 1. The van der Waals surface area contributed by atoms with Crippen molar-refractivity contribution in [3.8, 4) is 11.5 Å². The van der Waals surface area contributed by atoms with Crippen molar-refractivity contribution >= 4 is 17.6 Å². The van der Waals surface area contributed by atoms with Crippen LogP contribution in [0.3, 0.4) is 0 Å². The lowest BCUT2D eigenvalue weighted by Crippen LogP contribution is -2.44. The Morgan fingerprint density at radius 1 is 1.11 bits per heavy atom. The molecule has 1 aromatic heterocycles. The maximum absolute atomic E-state index is 14.2. The number of anilines is 1. The van der Waals surface area contributed by atoms with E-state index in [2.05, 4.69) is 50.1 Å². The number of ether oxygens (including phenoxy) is 2. The third-order valence-corrected chi connectivity index (χ3v) is 8.44. The molecule has 1 N–H and O–H groups in total. The van der Waals surface area contributed by atoms with Gasteiger partial charge in [-0.1, -0.05) is 31.5 Å². The van der Waals surface area contributed by atoms with Crippen molar-refractivity contribution in [3.63, 3.8) is 0 Å². The topological polar surface area (TPSA) is 105 Å². The molecule has 3 atom stereocenters. The van der Waals surface area contributed by atoms with Gasteiger partial charge in [0, 0.05) is 42.7 Å². The standard InChI is InChI=1S/C34H44N4O6/c1-6-7-15-37(26-10-8-9-24(16-26)21-38(3,4)5)32(39)20-36-19-27(25-11-13-29-30(17-25)43-22-42-29)33(34(40)41)28(36)12-14-31-35-18-23(2)44-31/h8-11,13,16-18,27-28,33H,6-7,12,14-15,19-22H2,1-5H3/p+1/t27-,28+,33-/m1/s1. The first-order valence-corrected chi connectivity index (χ1v) is 15.5. The summed E-state index contributed by atoms with van der Waals surface area (Å²) in [5.41, 5.74) is 2.91. The molecule has 10 nitrogen and oxygen atoms in total. The molecule has 2 aliphatic rings. The Labute approximate surface area is 259 Å². The fraction of sp³-hybridized carbons (Fsp3) is 0.500. The average molecular weight is 606 g/mol. The molecule has 44 heavy (non-hydrogen) atoms. The monoisotopic (exact) mass is 605 g/mol. The van der Waals surface area contributed by atoms with Crippen LogP contribution in [0.1, 0.15) is 54.9 Å². The number of hydrogen-bond acceptors (Lipinski definition) is 7. The Morgan fingerprint density at radius 3 is 2.61 bits per heavy atom. The number of oxazole rings is 1. The van der Waals surface area contributed by atoms with Crippen molar-refractivity contribution in [2.45, 2.75) is 58.0 Å². The number of aliphatic carboxylic acids is 1. The van der Waals surface area contributed by atoms with Gasteiger partial charge in [0.15, 0.2) is 17.4 Å². The minimum Gasteiger partial charge on any atom is -0.481 e. The molecule has 3 heterocycles. The number of aryl methyl sites for hydroxylation is 2. The molecule has 2 aromatic carbocycles. The molecule has 0 unspecified atom stereocenters. The van der Waals surface area contributed by atoms with E-state index in [4.69, 9.17) is 13.9 Å². The van der Waals surface area contributed by atoms with Crippen LogP contribution in [0, 0.1) is 12.8 Å². The Morgan fingerprint density at radius 2 is 1.91 bits per heavy atom. The van der Waals surface area contributed by atoms with Gasteiger partial charge < -0.3 is 28.4 Å². The minimum absolute atomic E-state index is 0.0340. The molecular weight excluding hydrogens is 560 g/mol. The zero-order chi connectivity index (χ0) is 31.4. The van der Waals surface area contributed by atoms with Crippen LogP contribution in [-0.4, -0.2) is 85.0 Å². The zero-order valence-corrected chi connectivity index (χ0v) is 26.5. The van der Waals surface area contributed by atoms with E-state index < -0.39 is 17.9 Å². The Balaban J connectivity index is 1.43. The molecule has 1 amide bonds. The smallest absolute Gasteiger partial charge is 0.308 e. The van der Waals surface area contributed by atoms with E-state index in [9.17, 15) is 14.7 Å². The Kier molecular flexibility index (Phi) is 9.60. The number of quaternary nitrogens is 1. The number of carboxylic acid groups (broad SMARTS) is 1. The van der Waals surface area contributed by atoms with E-state index in [-0.39, 0.29) is 25.2 Å². The van der Waals surface area contributed by atoms with Crippen LogP contribution >= 0.6 is 0 Å². The van der Waals surface area contributed by atoms with Gasteiger partial charge in [-0.2, -0.15) is 0 Å². The van der Waals surface area contributed by atoms with Gasteiger partial charge in [-0.25, -0.2) is 4.98 Å². The normalized spacial score (nSPS) is 19.8. The fourth-order valence-electron chi connectivity index (χ4n) is 6.47. The van der Waals surface area contributed by atoms with E-state index in [0.717, 1.165) is 35.1 Å². The molecular formula is C34H45N4O6+. The van der Waals surface area contributed by atoms with Gasteiger partial charge in [-0.3, -0.25) is 14.5 Å². The minimum atomic E-state index is -0.882. The first kappa shape index (κ1) is 31.5. The SMILES string of the molecule is CCCCN(C(=O)CN1C[C@H](c2ccc3c(c2)OCO3)[C@@H](C(=O)O)[C@@H]1CCc1ncc(C)o1)c1cccc(C[N+](C)(C)C)c1. The summed E-state index contributed by atoms with van der Waals surface area (Å²) in [4.78, 5) is 35.3. The predicted molar refractivity (Wildman–Crippen MR) is 167 cm³/mol.